The minimum Gasteiger partial charge on any atom is -0.370 e. The Bertz CT molecular complexity index is 203. The highest BCUT2D eigenvalue weighted by Crippen LogP contribution is 2.23. The first-order valence-electron chi connectivity index (χ1n) is 6.55. The molecule has 0 saturated carbocycles. The fourth-order valence-electron chi connectivity index (χ4n) is 1.54. The van der Waals surface area contributed by atoms with Crippen LogP contribution < -0.4 is 11.1 Å². The standard InChI is InChI=1S/C13H29N3.HI/c1-5-7-8-9-13(3,4)11-16-12(14)15-10-6-2;/h5-11H2,1-4H3,(H3,14,15,16);1H. The summed E-state index contributed by atoms with van der Waals surface area (Å²) in [6.45, 7) is 10.6. The summed E-state index contributed by atoms with van der Waals surface area (Å²) in [4.78, 5) is 4.40. The third-order valence-electron chi connectivity index (χ3n) is 2.69. The molecule has 0 atom stereocenters. The number of unbranched alkanes of at least 4 members (excludes halogenated alkanes) is 2. The molecule has 0 aromatic carbocycles. The van der Waals surface area contributed by atoms with Crippen LogP contribution in [0, 0.1) is 5.41 Å². The van der Waals surface area contributed by atoms with E-state index in [0.29, 0.717) is 5.96 Å². The van der Waals surface area contributed by atoms with E-state index in [2.05, 4.69) is 38.0 Å². The maximum absolute atomic E-state index is 5.76. The van der Waals surface area contributed by atoms with E-state index in [4.69, 9.17) is 5.73 Å². The molecular formula is C13H30IN3. The Morgan fingerprint density at radius 3 is 2.35 bits per heavy atom. The summed E-state index contributed by atoms with van der Waals surface area (Å²) in [6.07, 6.45) is 6.19. The molecule has 0 aliphatic rings. The molecule has 0 amide bonds. The molecule has 0 aromatic heterocycles. The molecule has 0 radical (unpaired) electrons. The molecule has 0 spiro atoms. The number of nitrogens with zero attached hydrogens (tertiary/aromatic N) is 1. The van der Waals surface area contributed by atoms with Crippen molar-refractivity contribution in [2.24, 2.45) is 16.1 Å². The second kappa shape index (κ2) is 11.1. The van der Waals surface area contributed by atoms with E-state index in [1.807, 2.05) is 0 Å². The molecule has 0 fully saturated rings. The zero-order chi connectivity index (χ0) is 12.4. The minimum atomic E-state index is 0. The maximum atomic E-state index is 5.76. The first-order valence-corrected chi connectivity index (χ1v) is 6.55. The van der Waals surface area contributed by atoms with Crippen LogP contribution in [0.25, 0.3) is 0 Å². The molecule has 3 N–H and O–H groups in total. The lowest BCUT2D eigenvalue weighted by atomic mass is 9.87. The van der Waals surface area contributed by atoms with Gasteiger partial charge in [0.1, 0.15) is 0 Å². The van der Waals surface area contributed by atoms with Gasteiger partial charge in [0.15, 0.2) is 5.96 Å². The normalized spacial score (nSPS) is 12.1. The summed E-state index contributed by atoms with van der Waals surface area (Å²) in [5, 5.41) is 3.10. The van der Waals surface area contributed by atoms with Crippen molar-refractivity contribution in [1.29, 1.82) is 0 Å². The number of hydrogen-bond donors (Lipinski definition) is 2. The molecule has 104 valence electrons. The van der Waals surface area contributed by atoms with Gasteiger partial charge in [0.05, 0.1) is 0 Å². The Hall–Kier alpha value is 0. The topological polar surface area (TPSA) is 50.4 Å². The number of nitrogens with one attached hydrogen (secondary N) is 1. The molecule has 0 aliphatic carbocycles. The largest absolute Gasteiger partial charge is 0.370 e. The lowest BCUT2D eigenvalue weighted by Crippen LogP contribution is -2.33. The second-order valence-electron chi connectivity index (χ2n) is 5.25. The molecule has 4 heteroatoms. The van der Waals surface area contributed by atoms with E-state index in [1.54, 1.807) is 0 Å². The Balaban J connectivity index is 0. The number of nitrogens with two attached hydrogens (primary N) is 1. The van der Waals surface area contributed by atoms with Gasteiger partial charge >= 0.3 is 0 Å². The van der Waals surface area contributed by atoms with Crippen molar-refractivity contribution < 1.29 is 0 Å². The van der Waals surface area contributed by atoms with Crippen LogP contribution in [0.3, 0.4) is 0 Å². The molecule has 0 saturated heterocycles. The number of guanidine groups is 1. The van der Waals surface area contributed by atoms with Crippen LogP contribution >= 0.6 is 24.0 Å². The predicted octanol–water partition coefficient (Wildman–Crippen LogP) is 3.53. The molecule has 3 nitrogen and oxygen atoms in total. The van der Waals surface area contributed by atoms with Gasteiger partial charge in [-0.3, -0.25) is 4.99 Å². The number of rotatable bonds is 8. The van der Waals surface area contributed by atoms with Gasteiger partial charge in [-0.25, -0.2) is 0 Å². The zero-order valence-corrected chi connectivity index (χ0v) is 14.2. The van der Waals surface area contributed by atoms with Crippen LogP contribution in [0.4, 0.5) is 0 Å². The molecule has 0 unspecified atom stereocenters. The predicted molar refractivity (Wildman–Crippen MR) is 88.1 cm³/mol. The lowest BCUT2D eigenvalue weighted by Gasteiger charge is -2.22. The summed E-state index contributed by atoms with van der Waals surface area (Å²) < 4.78 is 0. The second-order valence-corrected chi connectivity index (χ2v) is 5.25. The van der Waals surface area contributed by atoms with Crippen molar-refractivity contribution in [3.63, 3.8) is 0 Å². The van der Waals surface area contributed by atoms with E-state index in [-0.39, 0.29) is 29.4 Å². The Morgan fingerprint density at radius 1 is 1.18 bits per heavy atom. The Kier molecular flexibility index (Phi) is 12.6. The molecule has 0 rings (SSSR count). The quantitative estimate of drug-likeness (QED) is 0.303. The summed E-state index contributed by atoms with van der Waals surface area (Å²) >= 11 is 0. The van der Waals surface area contributed by atoms with Crippen LogP contribution in [0.15, 0.2) is 4.99 Å². The summed E-state index contributed by atoms with van der Waals surface area (Å²) in [6, 6.07) is 0. The fraction of sp³-hybridized carbons (Fsp3) is 0.923. The fourth-order valence-corrected chi connectivity index (χ4v) is 1.54. The van der Waals surface area contributed by atoms with Crippen molar-refractivity contribution in [2.45, 2.75) is 59.8 Å². The zero-order valence-electron chi connectivity index (χ0n) is 11.9. The summed E-state index contributed by atoms with van der Waals surface area (Å²) in [5.41, 5.74) is 6.03. The number of hydrogen-bond acceptors (Lipinski definition) is 1. The summed E-state index contributed by atoms with van der Waals surface area (Å²) in [5.74, 6) is 0.588. The Morgan fingerprint density at radius 2 is 1.82 bits per heavy atom. The third-order valence-corrected chi connectivity index (χ3v) is 2.69. The molecule has 0 aliphatic heterocycles. The highest BCUT2D eigenvalue weighted by Gasteiger charge is 2.16. The van der Waals surface area contributed by atoms with Gasteiger partial charge in [-0.2, -0.15) is 0 Å². The number of halogens is 1. The van der Waals surface area contributed by atoms with Gasteiger partial charge in [-0.05, 0) is 18.3 Å². The van der Waals surface area contributed by atoms with Gasteiger partial charge in [0, 0.05) is 13.1 Å². The van der Waals surface area contributed by atoms with Gasteiger partial charge in [-0.1, -0.05) is 47.0 Å². The van der Waals surface area contributed by atoms with E-state index >= 15 is 0 Å². The monoisotopic (exact) mass is 355 g/mol. The molecular weight excluding hydrogens is 325 g/mol. The molecule has 17 heavy (non-hydrogen) atoms. The van der Waals surface area contributed by atoms with Crippen molar-refractivity contribution in [2.75, 3.05) is 13.1 Å². The van der Waals surface area contributed by atoms with E-state index in [0.717, 1.165) is 19.5 Å². The maximum Gasteiger partial charge on any atom is 0.188 e. The van der Waals surface area contributed by atoms with Gasteiger partial charge < -0.3 is 11.1 Å². The van der Waals surface area contributed by atoms with Crippen molar-refractivity contribution in [3.8, 4) is 0 Å². The molecule has 0 bridgehead atoms. The third kappa shape index (κ3) is 12.2. The van der Waals surface area contributed by atoms with Crippen molar-refractivity contribution >= 4 is 29.9 Å². The van der Waals surface area contributed by atoms with E-state index in [9.17, 15) is 0 Å². The first-order chi connectivity index (χ1) is 7.52. The smallest absolute Gasteiger partial charge is 0.188 e. The highest BCUT2D eigenvalue weighted by molar-refractivity contribution is 14.0. The minimum absolute atomic E-state index is 0. The average Bonchev–Trinajstić information content (AvgIpc) is 2.24. The van der Waals surface area contributed by atoms with Crippen LogP contribution in [-0.2, 0) is 0 Å². The van der Waals surface area contributed by atoms with E-state index < -0.39 is 0 Å². The van der Waals surface area contributed by atoms with Crippen molar-refractivity contribution in [1.82, 2.24) is 5.32 Å². The molecule has 0 heterocycles. The first kappa shape index (κ1) is 19.3. The van der Waals surface area contributed by atoms with Crippen molar-refractivity contribution in [3.05, 3.63) is 0 Å². The lowest BCUT2D eigenvalue weighted by molar-refractivity contribution is 0.333. The Labute approximate surface area is 124 Å². The van der Waals surface area contributed by atoms with Crippen LogP contribution in [0.5, 0.6) is 0 Å². The van der Waals surface area contributed by atoms with Gasteiger partial charge in [0.25, 0.3) is 0 Å². The summed E-state index contributed by atoms with van der Waals surface area (Å²) in [7, 11) is 0. The average molecular weight is 355 g/mol. The van der Waals surface area contributed by atoms with Gasteiger partial charge in [-0.15, -0.1) is 24.0 Å². The van der Waals surface area contributed by atoms with Gasteiger partial charge in [0.2, 0.25) is 0 Å². The van der Waals surface area contributed by atoms with Crippen LogP contribution in [0.1, 0.15) is 59.8 Å². The SMILES string of the molecule is CCCCCC(C)(C)CN=C(N)NCCC.I. The number of aliphatic imine (C=N–C) groups is 1. The molecule has 0 aromatic rings. The van der Waals surface area contributed by atoms with E-state index in [1.165, 1.54) is 25.7 Å². The van der Waals surface area contributed by atoms with Crippen LogP contribution in [0.2, 0.25) is 0 Å². The van der Waals surface area contributed by atoms with Crippen LogP contribution in [-0.4, -0.2) is 19.0 Å². The highest BCUT2D eigenvalue weighted by atomic mass is 127.